The molecule has 0 aliphatic rings. The molecule has 0 saturated carbocycles. The van der Waals surface area contributed by atoms with Crippen LogP contribution in [0.5, 0.6) is 5.75 Å². The van der Waals surface area contributed by atoms with E-state index in [9.17, 15) is 4.79 Å². The molecule has 0 fully saturated rings. The molecule has 0 amide bonds. The average molecular weight is 230 g/mol. The predicted molar refractivity (Wildman–Crippen MR) is 69.2 cm³/mol. The van der Waals surface area contributed by atoms with Crippen LogP contribution in [0.25, 0.3) is 0 Å². The summed E-state index contributed by atoms with van der Waals surface area (Å²) in [7, 11) is 0. The second-order valence-electron chi connectivity index (χ2n) is 3.86. The highest BCUT2D eigenvalue weighted by molar-refractivity contribution is 5.96. The number of ether oxygens (including phenoxy) is 1. The standard InChI is InChI=1S/C15H18O2/c1-3-5-6-10-15(16)13-8-7-9-14(12-13)17-11-4-2/h1,7-9,12H,4-6,10-11H2,2H3. The molecule has 2 nitrogen and oxygen atoms in total. The molecule has 1 rings (SSSR count). The van der Waals surface area contributed by atoms with Crippen LogP contribution in [0.2, 0.25) is 0 Å². The van der Waals surface area contributed by atoms with Gasteiger partial charge in [0.25, 0.3) is 0 Å². The van der Waals surface area contributed by atoms with Crippen molar-refractivity contribution in [2.75, 3.05) is 6.61 Å². The third-order valence-electron chi connectivity index (χ3n) is 2.35. The summed E-state index contributed by atoms with van der Waals surface area (Å²) in [5.74, 6) is 3.42. The topological polar surface area (TPSA) is 26.3 Å². The van der Waals surface area contributed by atoms with Crippen LogP contribution in [0.1, 0.15) is 43.0 Å². The first kappa shape index (κ1) is 13.3. The number of hydrogen-bond donors (Lipinski definition) is 0. The molecule has 1 aromatic rings. The van der Waals surface area contributed by atoms with Gasteiger partial charge in [0.05, 0.1) is 6.61 Å². The molecule has 0 aliphatic heterocycles. The van der Waals surface area contributed by atoms with E-state index in [0.29, 0.717) is 25.0 Å². The molecule has 90 valence electrons. The molecule has 2 heteroatoms. The summed E-state index contributed by atoms with van der Waals surface area (Å²) in [5, 5.41) is 0. The van der Waals surface area contributed by atoms with Gasteiger partial charge >= 0.3 is 0 Å². The van der Waals surface area contributed by atoms with E-state index in [1.807, 2.05) is 18.2 Å². The van der Waals surface area contributed by atoms with Gasteiger partial charge in [0.1, 0.15) is 5.75 Å². The number of Topliss-reactive ketones (excluding diaryl/α,β-unsaturated/α-hetero) is 1. The van der Waals surface area contributed by atoms with Crippen LogP contribution in [-0.2, 0) is 0 Å². The predicted octanol–water partition coefficient (Wildman–Crippen LogP) is 3.46. The van der Waals surface area contributed by atoms with E-state index < -0.39 is 0 Å². The summed E-state index contributed by atoms with van der Waals surface area (Å²) in [6, 6.07) is 7.33. The summed E-state index contributed by atoms with van der Waals surface area (Å²) in [5.41, 5.74) is 0.704. The summed E-state index contributed by atoms with van der Waals surface area (Å²) in [4.78, 5) is 11.8. The van der Waals surface area contributed by atoms with Gasteiger partial charge in [-0.1, -0.05) is 19.1 Å². The maximum atomic E-state index is 11.8. The second-order valence-corrected chi connectivity index (χ2v) is 3.86. The van der Waals surface area contributed by atoms with E-state index in [2.05, 4.69) is 12.8 Å². The number of carbonyl (C=O) groups excluding carboxylic acids is 1. The number of unbranched alkanes of at least 4 members (excludes halogenated alkanes) is 1. The largest absolute Gasteiger partial charge is 0.494 e. The highest BCUT2D eigenvalue weighted by Gasteiger charge is 2.06. The Bertz CT molecular complexity index is 402. The van der Waals surface area contributed by atoms with Crippen molar-refractivity contribution in [3.63, 3.8) is 0 Å². The van der Waals surface area contributed by atoms with Crippen molar-refractivity contribution in [2.24, 2.45) is 0 Å². The number of hydrogen-bond acceptors (Lipinski definition) is 2. The van der Waals surface area contributed by atoms with Crippen LogP contribution in [0.3, 0.4) is 0 Å². The minimum Gasteiger partial charge on any atom is -0.494 e. The Balaban J connectivity index is 2.58. The van der Waals surface area contributed by atoms with E-state index in [-0.39, 0.29) is 5.78 Å². The Labute approximate surface area is 103 Å². The van der Waals surface area contributed by atoms with Crippen molar-refractivity contribution in [2.45, 2.75) is 32.6 Å². The van der Waals surface area contributed by atoms with Gasteiger partial charge in [-0.15, -0.1) is 12.3 Å². The van der Waals surface area contributed by atoms with Gasteiger partial charge in [0, 0.05) is 18.4 Å². The van der Waals surface area contributed by atoms with Crippen LogP contribution in [0.4, 0.5) is 0 Å². The van der Waals surface area contributed by atoms with Crippen LogP contribution >= 0.6 is 0 Å². The molecule has 0 bridgehead atoms. The third-order valence-corrected chi connectivity index (χ3v) is 2.35. The van der Waals surface area contributed by atoms with Crippen molar-refractivity contribution in [3.8, 4) is 18.1 Å². The van der Waals surface area contributed by atoms with Gasteiger partial charge in [-0.3, -0.25) is 4.79 Å². The molecule has 0 unspecified atom stereocenters. The van der Waals surface area contributed by atoms with E-state index in [0.717, 1.165) is 18.6 Å². The lowest BCUT2D eigenvalue weighted by Crippen LogP contribution is -2.00. The molecule has 0 heterocycles. The molecule has 0 spiro atoms. The maximum Gasteiger partial charge on any atom is 0.163 e. The van der Waals surface area contributed by atoms with Gasteiger partial charge in [-0.25, -0.2) is 0 Å². The van der Waals surface area contributed by atoms with Crippen LogP contribution in [0, 0.1) is 12.3 Å². The zero-order valence-electron chi connectivity index (χ0n) is 10.2. The molecule has 0 N–H and O–H groups in total. The average Bonchev–Trinajstić information content (AvgIpc) is 2.37. The lowest BCUT2D eigenvalue weighted by atomic mass is 10.1. The lowest BCUT2D eigenvalue weighted by Gasteiger charge is -2.06. The Hall–Kier alpha value is -1.75. The van der Waals surface area contributed by atoms with E-state index >= 15 is 0 Å². The fourth-order valence-electron chi connectivity index (χ4n) is 1.47. The smallest absolute Gasteiger partial charge is 0.163 e. The molecule has 1 aromatic carbocycles. The van der Waals surface area contributed by atoms with Crippen LogP contribution in [0.15, 0.2) is 24.3 Å². The zero-order chi connectivity index (χ0) is 12.5. The van der Waals surface area contributed by atoms with Crippen LogP contribution < -0.4 is 4.74 Å². The zero-order valence-corrected chi connectivity index (χ0v) is 10.2. The molecule has 0 aromatic heterocycles. The summed E-state index contributed by atoms with van der Waals surface area (Å²) in [6.45, 7) is 2.73. The van der Waals surface area contributed by atoms with Crippen molar-refractivity contribution in [3.05, 3.63) is 29.8 Å². The SMILES string of the molecule is C#CCCCC(=O)c1cccc(OCCC)c1. The summed E-state index contributed by atoms with van der Waals surface area (Å²) < 4.78 is 5.49. The number of rotatable bonds is 7. The van der Waals surface area contributed by atoms with Gasteiger partial charge in [0.2, 0.25) is 0 Å². The fourth-order valence-corrected chi connectivity index (χ4v) is 1.47. The quantitative estimate of drug-likeness (QED) is 0.407. The van der Waals surface area contributed by atoms with Crippen molar-refractivity contribution in [1.29, 1.82) is 0 Å². The minimum atomic E-state index is 0.127. The van der Waals surface area contributed by atoms with Gasteiger partial charge in [-0.2, -0.15) is 0 Å². The summed E-state index contributed by atoms with van der Waals surface area (Å²) >= 11 is 0. The van der Waals surface area contributed by atoms with Gasteiger partial charge in [0.15, 0.2) is 5.78 Å². The number of carbonyl (C=O) groups is 1. The second kappa shape index (κ2) is 7.51. The highest BCUT2D eigenvalue weighted by Crippen LogP contribution is 2.15. The Morgan fingerprint density at radius 1 is 1.47 bits per heavy atom. The van der Waals surface area contributed by atoms with E-state index in [1.165, 1.54) is 0 Å². The lowest BCUT2D eigenvalue weighted by molar-refractivity contribution is 0.0980. The molecule has 0 saturated heterocycles. The van der Waals surface area contributed by atoms with E-state index in [1.54, 1.807) is 6.07 Å². The summed E-state index contributed by atoms with van der Waals surface area (Å²) in [6.07, 6.45) is 8.01. The van der Waals surface area contributed by atoms with Gasteiger partial charge < -0.3 is 4.74 Å². The third kappa shape index (κ3) is 4.74. The molecule has 0 aliphatic carbocycles. The fraction of sp³-hybridized carbons (Fsp3) is 0.400. The first-order valence-corrected chi connectivity index (χ1v) is 5.97. The highest BCUT2D eigenvalue weighted by atomic mass is 16.5. The van der Waals surface area contributed by atoms with Crippen molar-refractivity contribution >= 4 is 5.78 Å². The first-order valence-electron chi connectivity index (χ1n) is 5.97. The van der Waals surface area contributed by atoms with Crippen LogP contribution in [-0.4, -0.2) is 12.4 Å². The molecule has 17 heavy (non-hydrogen) atoms. The van der Waals surface area contributed by atoms with Crippen molar-refractivity contribution < 1.29 is 9.53 Å². The normalized spacial score (nSPS) is 9.65. The number of ketones is 1. The monoisotopic (exact) mass is 230 g/mol. The Morgan fingerprint density at radius 3 is 3.00 bits per heavy atom. The number of benzene rings is 1. The molecule has 0 radical (unpaired) electrons. The Morgan fingerprint density at radius 2 is 2.29 bits per heavy atom. The maximum absolute atomic E-state index is 11.8. The van der Waals surface area contributed by atoms with Gasteiger partial charge in [-0.05, 0) is 25.0 Å². The first-order chi connectivity index (χ1) is 8.27. The number of terminal acetylenes is 1. The molecular formula is C15H18O2. The van der Waals surface area contributed by atoms with E-state index in [4.69, 9.17) is 11.2 Å². The molecule has 0 atom stereocenters. The molecular weight excluding hydrogens is 212 g/mol. The van der Waals surface area contributed by atoms with Crippen molar-refractivity contribution in [1.82, 2.24) is 0 Å². The Kier molecular flexibility index (Phi) is 5.88. The minimum absolute atomic E-state index is 0.127.